The number of halogens is 1. The molecule has 0 saturated carbocycles. The van der Waals surface area contributed by atoms with E-state index in [0.717, 1.165) is 10.4 Å². The van der Waals surface area contributed by atoms with Crippen LogP contribution in [0.1, 0.15) is 13.3 Å². The van der Waals surface area contributed by atoms with Crippen molar-refractivity contribution < 1.29 is 0 Å². The molecule has 0 fully saturated rings. The third-order valence-electron chi connectivity index (χ3n) is 0.500. The Balaban J connectivity index is 0. The van der Waals surface area contributed by atoms with E-state index in [0.29, 0.717) is 0 Å². The second-order valence-electron chi connectivity index (χ2n) is 1.10. The van der Waals surface area contributed by atoms with Crippen LogP contribution < -0.4 is 4.98 Å². The zero-order valence-electron chi connectivity index (χ0n) is 4.32. The molecular formula is C3H12ClNSi. The smallest absolute Gasteiger partial charge is 0.0749 e. The molecule has 1 N–H and O–H groups in total. The lowest BCUT2D eigenvalue weighted by Gasteiger charge is -1.84. The number of nitrogens with one attached hydrogen (secondary N) is 1. The maximum Gasteiger partial charge on any atom is 0.0749 e. The molecule has 0 aromatic heterocycles. The van der Waals surface area contributed by atoms with E-state index >= 15 is 0 Å². The van der Waals surface area contributed by atoms with Crippen LogP contribution in [0.15, 0.2) is 0 Å². The lowest BCUT2D eigenvalue weighted by molar-refractivity contribution is 0.868. The third kappa shape index (κ3) is 8.82. The maximum atomic E-state index is 3.16. The quantitative estimate of drug-likeness (QED) is 0.500. The number of hydrogen-bond donors (Lipinski definition) is 1. The number of rotatable bonds is 2. The Kier molecular flexibility index (Phi) is 14.7. The highest BCUT2D eigenvalue weighted by atomic mass is 35.5. The van der Waals surface area contributed by atoms with E-state index in [4.69, 9.17) is 0 Å². The largest absolute Gasteiger partial charge is 0.345 e. The van der Waals surface area contributed by atoms with Gasteiger partial charge in [0.15, 0.2) is 0 Å². The van der Waals surface area contributed by atoms with Gasteiger partial charge in [0.1, 0.15) is 0 Å². The Hall–Kier alpha value is 0.467. The molecular weight excluding hydrogens is 114 g/mol. The van der Waals surface area contributed by atoms with Crippen LogP contribution >= 0.6 is 12.4 Å². The molecule has 0 aliphatic heterocycles. The second-order valence-corrected chi connectivity index (χ2v) is 1.81. The predicted octanol–water partition coefficient (Wildman–Crippen LogP) is -0.312. The molecule has 0 aliphatic carbocycles. The molecule has 6 heavy (non-hydrogen) atoms. The lowest BCUT2D eigenvalue weighted by Crippen LogP contribution is -2.07. The fourth-order valence-electron chi connectivity index (χ4n) is 0.250. The van der Waals surface area contributed by atoms with E-state index in [1.165, 1.54) is 13.0 Å². The van der Waals surface area contributed by atoms with Gasteiger partial charge in [-0.1, -0.05) is 6.92 Å². The van der Waals surface area contributed by atoms with Crippen molar-refractivity contribution >= 4 is 22.8 Å². The van der Waals surface area contributed by atoms with Crippen molar-refractivity contribution in [2.45, 2.75) is 13.3 Å². The van der Waals surface area contributed by atoms with Gasteiger partial charge in [-0.25, -0.2) is 0 Å². The molecule has 0 radical (unpaired) electrons. The van der Waals surface area contributed by atoms with Crippen molar-refractivity contribution in [2.24, 2.45) is 0 Å². The van der Waals surface area contributed by atoms with E-state index < -0.39 is 0 Å². The molecule has 0 atom stereocenters. The molecule has 3 heteroatoms. The molecule has 0 saturated heterocycles. The number of hydrogen-bond acceptors (Lipinski definition) is 1. The summed E-state index contributed by atoms with van der Waals surface area (Å²) >= 11 is 0. The van der Waals surface area contributed by atoms with E-state index in [9.17, 15) is 0 Å². The van der Waals surface area contributed by atoms with Crippen molar-refractivity contribution in [3.8, 4) is 0 Å². The minimum Gasteiger partial charge on any atom is -0.345 e. The summed E-state index contributed by atoms with van der Waals surface area (Å²) in [5.74, 6) is 0. The summed E-state index contributed by atoms with van der Waals surface area (Å²) in [5, 5.41) is 0. The monoisotopic (exact) mass is 125 g/mol. The first-order chi connectivity index (χ1) is 2.41. The average molecular weight is 126 g/mol. The SMILES string of the molecule is CCCN[SiH3].Cl. The minimum absolute atomic E-state index is 0. The van der Waals surface area contributed by atoms with E-state index in [1.807, 2.05) is 0 Å². The van der Waals surface area contributed by atoms with Gasteiger partial charge in [-0.3, -0.25) is 0 Å². The van der Waals surface area contributed by atoms with Gasteiger partial charge in [-0.15, -0.1) is 12.4 Å². The van der Waals surface area contributed by atoms with Crippen LogP contribution in [-0.2, 0) is 0 Å². The van der Waals surface area contributed by atoms with Gasteiger partial charge in [-0.05, 0) is 13.0 Å². The molecule has 0 amide bonds. The van der Waals surface area contributed by atoms with E-state index in [-0.39, 0.29) is 12.4 Å². The van der Waals surface area contributed by atoms with Crippen molar-refractivity contribution in [1.82, 2.24) is 4.98 Å². The van der Waals surface area contributed by atoms with Crippen LogP contribution in [0.2, 0.25) is 0 Å². The Labute approximate surface area is 48.4 Å². The molecule has 1 nitrogen and oxygen atoms in total. The van der Waals surface area contributed by atoms with Crippen LogP contribution in [0.25, 0.3) is 0 Å². The standard InChI is InChI=1S/C3H11NSi.ClH/c1-2-3-4-5;/h4H,2-3H2,1,5H3;1H. The van der Waals surface area contributed by atoms with Crippen LogP contribution in [0, 0.1) is 0 Å². The predicted molar refractivity (Wildman–Crippen MR) is 35.5 cm³/mol. The summed E-state index contributed by atoms with van der Waals surface area (Å²) in [4.78, 5) is 3.16. The highest BCUT2D eigenvalue weighted by molar-refractivity contribution is 6.04. The van der Waals surface area contributed by atoms with Gasteiger partial charge >= 0.3 is 0 Å². The lowest BCUT2D eigenvalue weighted by atomic mass is 10.5. The molecule has 0 spiro atoms. The molecule has 0 aromatic carbocycles. The molecule has 0 rings (SSSR count). The Morgan fingerprint density at radius 2 is 2.17 bits per heavy atom. The zero-order chi connectivity index (χ0) is 4.12. The van der Waals surface area contributed by atoms with Crippen molar-refractivity contribution in [3.63, 3.8) is 0 Å². The van der Waals surface area contributed by atoms with Gasteiger partial charge in [0.05, 0.1) is 10.4 Å². The van der Waals surface area contributed by atoms with Crippen molar-refractivity contribution in [3.05, 3.63) is 0 Å². The summed E-state index contributed by atoms with van der Waals surface area (Å²) in [6, 6.07) is 0. The summed E-state index contributed by atoms with van der Waals surface area (Å²) < 4.78 is 0. The van der Waals surface area contributed by atoms with Crippen LogP contribution in [0.4, 0.5) is 0 Å². The van der Waals surface area contributed by atoms with Gasteiger partial charge in [0.25, 0.3) is 0 Å². The molecule has 0 aromatic rings. The summed E-state index contributed by atoms with van der Waals surface area (Å²) in [5.41, 5.74) is 0. The topological polar surface area (TPSA) is 12.0 Å². The molecule has 0 bridgehead atoms. The maximum absolute atomic E-state index is 3.16. The first kappa shape index (κ1) is 9.69. The van der Waals surface area contributed by atoms with Crippen LogP contribution in [0.5, 0.6) is 0 Å². The molecule has 0 aliphatic rings. The zero-order valence-corrected chi connectivity index (χ0v) is 7.14. The van der Waals surface area contributed by atoms with Crippen LogP contribution in [-0.4, -0.2) is 16.9 Å². The second kappa shape index (κ2) is 9.08. The first-order valence-corrected chi connectivity index (χ1v) is 3.06. The molecule has 0 unspecified atom stereocenters. The van der Waals surface area contributed by atoms with Crippen molar-refractivity contribution in [2.75, 3.05) is 6.54 Å². The summed E-state index contributed by atoms with van der Waals surface area (Å²) in [6.07, 6.45) is 1.27. The van der Waals surface area contributed by atoms with E-state index in [2.05, 4.69) is 11.9 Å². The summed E-state index contributed by atoms with van der Waals surface area (Å²) in [7, 11) is 1.15. The van der Waals surface area contributed by atoms with Gasteiger partial charge in [0, 0.05) is 0 Å². The highest BCUT2D eigenvalue weighted by Crippen LogP contribution is 1.61. The molecule has 0 heterocycles. The van der Waals surface area contributed by atoms with Gasteiger partial charge in [-0.2, -0.15) is 0 Å². The normalized spacial score (nSPS) is 7.50. The van der Waals surface area contributed by atoms with Gasteiger partial charge < -0.3 is 4.98 Å². The average Bonchev–Trinajstić information content (AvgIpc) is 1.41. The van der Waals surface area contributed by atoms with Crippen LogP contribution in [0.3, 0.4) is 0 Å². The Bertz CT molecular complexity index is 18.3. The van der Waals surface area contributed by atoms with Crippen molar-refractivity contribution in [1.29, 1.82) is 0 Å². The Morgan fingerprint density at radius 1 is 1.67 bits per heavy atom. The fraction of sp³-hybridized carbons (Fsp3) is 1.00. The fourth-order valence-corrected chi connectivity index (χ4v) is 0.750. The highest BCUT2D eigenvalue weighted by Gasteiger charge is 1.64. The van der Waals surface area contributed by atoms with E-state index in [1.54, 1.807) is 0 Å². The summed E-state index contributed by atoms with van der Waals surface area (Å²) in [6.45, 7) is 3.37. The first-order valence-electron chi connectivity index (χ1n) is 2.06. The third-order valence-corrected chi connectivity index (χ3v) is 1.000. The van der Waals surface area contributed by atoms with Gasteiger partial charge in [0.2, 0.25) is 0 Å². The minimum atomic E-state index is 0. The molecule has 40 valence electrons. The Morgan fingerprint density at radius 3 is 2.17 bits per heavy atom.